The number of imide groups is 1. The van der Waals surface area contributed by atoms with E-state index in [1.807, 2.05) is 54.7 Å². The molecular weight excluding hydrogens is 519 g/mol. The van der Waals surface area contributed by atoms with Crippen molar-refractivity contribution in [1.29, 1.82) is 0 Å². The van der Waals surface area contributed by atoms with Crippen LogP contribution in [0.2, 0.25) is 10.0 Å². The zero-order chi connectivity index (χ0) is 24.8. The maximum Gasteiger partial charge on any atom is 0.293 e. The highest BCUT2D eigenvalue weighted by molar-refractivity contribution is 8.18. The van der Waals surface area contributed by atoms with Crippen LogP contribution in [0.3, 0.4) is 0 Å². The number of hydrogen-bond acceptors (Lipinski definition) is 5. The Morgan fingerprint density at radius 1 is 0.889 bits per heavy atom. The van der Waals surface area contributed by atoms with E-state index in [1.165, 1.54) is 4.90 Å². The summed E-state index contributed by atoms with van der Waals surface area (Å²) < 4.78 is 12.8. The van der Waals surface area contributed by atoms with E-state index in [2.05, 4.69) is 4.57 Å². The van der Waals surface area contributed by atoms with E-state index < -0.39 is 0 Å². The fourth-order valence-electron chi connectivity index (χ4n) is 4.36. The second-order valence-corrected chi connectivity index (χ2v) is 10.2. The molecule has 0 atom stereocenters. The average molecular weight is 537 g/mol. The van der Waals surface area contributed by atoms with Gasteiger partial charge in [0.05, 0.1) is 11.4 Å². The lowest BCUT2D eigenvalue weighted by molar-refractivity contribution is -0.123. The molecule has 6 rings (SSSR count). The van der Waals surface area contributed by atoms with Crippen LogP contribution in [0, 0.1) is 0 Å². The highest BCUT2D eigenvalue weighted by Crippen LogP contribution is 2.40. The van der Waals surface area contributed by atoms with Gasteiger partial charge in [0.2, 0.25) is 6.79 Å². The van der Waals surface area contributed by atoms with Crippen molar-refractivity contribution in [3.8, 4) is 11.5 Å². The standard InChI is InChI=1S/C27H18Cl2N2O4S/c28-20-7-3-1-5-16(20)12-30-13-17(19-6-2-4-8-22(19)30)10-25-26(32)31(27(33)36-25)14-18-9-23-24(11-21(18)29)35-15-34-23/h1-11,13H,12,14-15H2/b25-10-. The Labute approximate surface area is 221 Å². The summed E-state index contributed by atoms with van der Waals surface area (Å²) in [4.78, 5) is 27.6. The van der Waals surface area contributed by atoms with Crippen LogP contribution in [-0.2, 0) is 17.9 Å². The molecule has 36 heavy (non-hydrogen) atoms. The number of fused-ring (bicyclic) bond motifs is 2. The fourth-order valence-corrected chi connectivity index (χ4v) is 5.60. The molecule has 6 nitrogen and oxygen atoms in total. The molecule has 3 heterocycles. The SMILES string of the molecule is O=C1S/C(=C\c2cn(Cc3ccccc3Cl)c3ccccc23)C(=O)N1Cc1cc2c(cc1Cl)OCO2. The van der Waals surface area contributed by atoms with Crippen molar-refractivity contribution in [2.24, 2.45) is 0 Å². The van der Waals surface area contributed by atoms with Gasteiger partial charge in [0.15, 0.2) is 11.5 Å². The third-order valence-corrected chi connectivity index (χ3v) is 7.78. The van der Waals surface area contributed by atoms with Gasteiger partial charge in [-0.05, 0) is 47.2 Å². The van der Waals surface area contributed by atoms with Gasteiger partial charge in [-0.2, -0.15) is 0 Å². The van der Waals surface area contributed by atoms with Crippen LogP contribution in [0.4, 0.5) is 4.79 Å². The van der Waals surface area contributed by atoms with Gasteiger partial charge >= 0.3 is 0 Å². The monoisotopic (exact) mass is 536 g/mol. The molecule has 0 aliphatic carbocycles. The molecule has 3 aromatic carbocycles. The number of thioether (sulfide) groups is 1. The highest BCUT2D eigenvalue weighted by Gasteiger charge is 2.36. The van der Waals surface area contributed by atoms with Crippen LogP contribution >= 0.6 is 35.0 Å². The predicted molar refractivity (Wildman–Crippen MR) is 142 cm³/mol. The Morgan fingerprint density at radius 3 is 2.47 bits per heavy atom. The third kappa shape index (κ3) is 4.13. The van der Waals surface area contributed by atoms with Crippen molar-refractivity contribution in [1.82, 2.24) is 9.47 Å². The first-order valence-corrected chi connectivity index (χ1v) is 12.7. The predicted octanol–water partition coefficient (Wildman–Crippen LogP) is 6.96. The van der Waals surface area contributed by atoms with E-state index >= 15 is 0 Å². The summed E-state index contributed by atoms with van der Waals surface area (Å²) in [5.74, 6) is 0.732. The van der Waals surface area contributed by atoms with Crippen molar-refractivity contribution >= 4 is 63.1 Å². The number of hydrogen-bond donors (Lipinski definition) is 0. The summed E-state index contributed by atoms with van der Waals surface area (Å²) in [6.45, 7) is 0.743. The summed E-state index contributed by atoms with van der Waals surface area (Å²) in [7, 11) is 0. The lowest BCUT2D eigenvalue weighted by Crippen LogP contribution is -2.27. The van der Waals surface area contributed by atoms with Crippen LogP contribution in [0.5, 0.6) is 11.5 Å². The van der Waals surface area contributed by atoms with Gasteiger partial charge in [-0.1, -0.05) is 59.6 Å². The molecular formula is C27H18Cl2N2O4S. The second kappa shape index (κ2) is 9.24. The van der Waals surface area contributed by atoms with Gasteiger partial charge in [-0.25, -0.2) is 0 Å². The summed E-state index contributed by atoms with van der Waals surface area (Å²) >= 11 is 13.7. The minimum Gasteiger partial charge on any atom is -0.454 e. The van der Waals surface area contributed by atoms with Crippen molar-refractivity contribution in [2.75, 3.05) is 6.79 Å². The first kappa shape index (κ1) is 23.0. The number of carbonyl (C=O) groups excluding carboxylic acids is 2. The molecule has 9 heteroatoms. The van der Waals surface area contributed by atoms with E-state index in [0.717, 1.165) is 33.8 Å². The molecule has 0 unspecified atom stereocenters. The molecule has 1 aromatic heterocycles. The minimum atomic E-state index is -0.360. The zero-order valence-corrected chi connectivity index (χ0v) is 21.1. The van der Waals surface area contributed by atoms with Crippen LogP contribution in [0.25, 0.3) is 17.0 Å². The Balaban J connectivity index is 1.31. The van der Waals surface area contributed by atoms with Crippen LogP contribution in [-0.4, -0.2) is 27.4 Å². The van der Waals surface area contributed by atoms with Gasteiger partial charge in [0.1, 0.15) is 0 Å². The molecule has 0 bridgehead atoms. The van der Waals surface area contributed by atoms with Crippen LogP contribution in [0.15, 0.2) is 71.8 Å². The van der Waals surface area contributed by atoms with Gasteiger partial charge in [0.25, 0.3) is 11.1 Å². The number of para-hydroxylation sites is 1. The summed E-state index contributed by atoms with van der Waals surface area (Å²) in [5.41, 5.74) is 3.47. The lowest BCUT2D eigenvalue weighted by Gasteiger charge is -2.14. The van der Waals surface area contributed by atoms with Crippen molar-refractivity contribution < 1.29 is 19.1 Å². The topological polar surface area (TPSA) is 60.8 Å². The van der Waals surface area contributed by atoms with E-state index in [4.69, 9.17) is 32.7 Å². The van der Waals surface area contributed by atoms with Crippen molar-refractivity contribution in [3.05, 3.63) is 98.5 Å². The lowest BCUT2D eigenvalue weighted by atomic mass is 10.1. The molecule has 1 fully saturated rings. The number of amides is 2. The Morgan fingerprint density at radius 2 is 1.64 bits per heavy atom. The van der Waals surface area contributed by atoms with E-state index in [-0.39, 0.29) is 24.5 Å². The molecule has 2 aliphatic heterocycles. The summed E-state index contributed by atoms with van der Waals surface area (Å²) in [6.07, 6.45) is 3.76. The Hall–Kier alpha value is -3.39. The number of ether oxygens (including phenoxy) is 2. The van der Waals surface area contributed by atoms with Gasteiger partial charge < -0.3 is 14.0 Å². The largest absolute Gasteiger partial charge is 0.454 e. The normalized spacial score (nSPS) is 16.1. The van der Waals surface area contributed by atoms with Gasteiger partial charge in [-0.15, -0.1) is 0 Å². The molecule has 0 N–H and O–H groups in total. The van der Waals surface area contributed by atoms with Gasteiger partial charge in [0, 0.05) is 45.3 Å². The average Bonchev–Trinajstić information content (AvgIpc) is 3.54. The van der Waals surface area contributed by atoms with E-state index in [1.54, 1.807) is 18.2 Å². The second-order valence-electron chi connectivity index (χ2n) is 8.39. The van der Waals surface area contributed by atoms with Crippen molar-refractivity contribution in [2.45, 2.75) is 13.1 Å². The highest BCUT2D eigenvalue weighted by atomic mass is 35.5. The molecule has 1 saturated heterocycles. The number of halogens is 2. The molecule has 0 radical (unpaired) electrons. The molecule has 2 aliphatic rings. The van der Waals surface area contributed by atoms with Crippen LogP contribution < -0.4 is 9.47 Å². The summed E-state index contributed by atoms with van der Waals surface area (Å²) in [5, 5.41) is 1.74. The number of aromatic nitrogens is 1. The fraction of sp³-hybridized carbons (Fsp3) is 0.111. The maximum absolute atomic E-state index is 13.2. The molecule has 0 saturated carbocycles. The quantitative estimate of drug-likeness (QED) is 0.258. The number of nitrogens with zero attached hydrogens (tertiary/aromatic N) is 2. The molecule has 4 aromatic rings. The van der Waals surface area contributed by atoms with Crippen molar-refractivity contribution in [3.63, 3.8) is 0 Å². The Kier molecular flexibility index (Phi) is 5.91. The first-order valence-electron chi connectivity index (χ1n) is 11.1. The van der Waals surface area contributed by atoms with E-state index in [9.17, 15) is 9.59 Å². The Bertz CT molecular complexity index is 1580. The molecule has 2 amide bonds. The maximum atomic E-state index is 13.2. The number of rotatable bonds is 5. The zero-order valence-electron chi connectivity index (χ0n) is 18.7. The molecule has 180 valence electrons. The number of benzene rings is 3. The third-order valence-electron chi connectivity index (χ3n) is 6.15. The first-order chi connectivity index (χ1) is 17.5. The van der Waals surface area contributed by atoms with Crippen LogP contribution in [0.1, 0.15) is 16.7 Å². The molecule has 0 spiro atoms. The van der Waals surface area contributed by atoms with Gasteiger partial charge in [-0.3, -0.25) is 14.5 Å². The number of carbonyl (C=O) groups is 2. The smallest absolute Gasteiger partial charge is 0.293 e. The minimum absolute atomic E-state index is 0.0474. The van der Waals surface area contributed by atoms with E-state index in [0.29, 0.717) is 38.6 Å². The summed E-state index contributed by atoms with van der Waals surface area (Å²) in [6, 6.07) is 19.0.